The second-order valence-electron chi connectivity index (χ2n) is 6.05. The van der Waals surface area contributed by atoms with Crippen LogP contribution in [-0.2, 0) is 9.47 Å². The molecule has 0 saturated carbocycles. The molecule has 0 rings (SSSR count). The molecule has 0 fully saturated rings. The SMILES string of the molecule is [CH2]CCCCCCCCCCCCCCCOCCOC. The third kappa shape index (κ3) is 19.9. The van der Waals surface area contributed by atoms with Gasteiger partial charge in [0.15, 0.2) is 0 Å². The van der Waals surface area contributed by atoms with Gasteiger partial charge in [-0.2, -0.15) is 0 Å². The molecule has 1 radical (unpaired) electrons. The average Bonchev–Trinajstić information content (AvgIpc) is 2.50. The predicted molar refractivity (Wildman–Crippen MR) is 92.7 cm³/mol. The lowest BCUT2D eigenvalue weighted by atomic mass is 10.0. The molecule has 21 heavy (non-hydrogen) atoms. The zero-order chi connectivity index (χ0) is 15.4. The number of hydrogen-bond donors (Lipinski definition) is 0. The minimum absolute atomic E-state index is 0.718. The second-order valence-corrected chi connectivity index (χ2v) is 6.05. The van der Waals surface area contributed by atoms with Crippen LogP contribution in [0, 0.1) is 6.92 Å². The van der Waals surface area contributed by atoms with E-state index in [2.05, 4.69) is 6.92 Å². The Labute approximate surface area is 134 Å². The van der Waals surface area contributed by atoms with Crippen molar-refractivity contribution >= 4 is 0 Å². The predicted octanol–water partition coefficient (Wildman–Crippen LogP) is 5.94. The van der Waals surface area contributed by atoms with E-state index in [1.807, 2.05) is 0 Å². The molecule has 0 aromatic carbocycles. The van der Waals surface area contributed by atoms with Crippen LogP contribution >= 0.6 is 0 Å². The molecule has 0 spiro atoms. The van der Waals surface area contributed by atoms with Gasteiger partial charge in [0.05, 0.1) is 13.2 Å². The van der Waals surface area contributed by atoms with E-state index in [0.29, 0.717) is 0 Å². The quantitative estimate of drug-likeness (QED) is 0.291. The Kier molecular flexibility index (Phi) is 19.8. The highest BCUT2D eigenvalue weighted by Gasteiger charge is 1.94. The number of rotatable bonds is 18. The molecule has 0 aliphatic heterocycles. The Morgan fingerprint density at radius 3 is 1.38 bits per heavy atom. The topological polar surface area (TPSA) is 18.5 Å². The van der Waals surface area contributed by atoms with Crippen molar-refractivity contribution in [1.82, 2.24) is 0 Å². The van der Waals surface area contributed by atoms with Crippen molar-refractivity contribution < 1.29 is 9.47 Å². The average molecular weight is 300 g/mol. The third-order valence-electron chi connectivity index (χ3n) is 3.97. The van der Waals surface area contributed by atoms with Crippen LogP contribution in [0.2, 0.25) is 0 Å². The maximum Gasteiger partial charge on any atom is 0.0700 e. The number of unbranched alkanes of at least 4 members (excludes halogenated alkanes) is 13. The van der Waals surface area contributed by atoms with Crippen LogP contribution in [0.4, 0.5) is 0 Å². The number of hydrogen-bond acceptors (Lipinski definition) is 2. The highest BCUT2D eigenvalue weighted by atomic mass is 16.5. The molecule has 0 aliphatic rings. The van der Waals surface area contributed by atoms with Crippen molar-refractivity contribution in [1.29, 1.82) is 0 Å². The van der Waals surface area contributed by atoms with Gasteiger partial charge in [-0.25, -0.2) is 0 Å². The van der Waals surface area contributed by atoms with Crippen molar-refractivity contribution in [2.45, 2.75) is 89.9 Å². The Bertz CT molecular complexity index is 153. The van der Waals surface area contributed by atoms with Crippen LogP contribution in [0.25, 0.3) is 0 Å². The summed E-state index contributed by atoms with van der Waals surface area (Å²) in [5.41, 5.74) is 0. The monoisotopic (exact) mass is 299 g/mol. The van der Waals surface area contributed by atoms with Crippen LogP contribution in [-0.4, -0.2) is 26.9 Å². The van der Waals surface area contributed by atoms with E-state index in [4.69, 9.17) is 9.47 Å². The smallest absolute Gasteiger partial charge is 0.0700 e. The second kappa shape index (κ2) is 19.9. The summed E-state index contributed by atoms with van der Waals surface area (Å²) < 4.78 is 10.4. The standard InChI is InChI=1S/C19H39O2/c1-3-4-5-6-7-8-9-10-11-12-13-14-15-16-17-21-19-18-20-2/h1,3-19H2,2H3. The Morgan fingerprint density at radius 2 is 0.952 bits per heavy atom. The molecule has 0 aromatic heterocycles. The third-order valence-corrected chi connectivity index (χ3v) is 3.97. The van der Waals surface area contributed by atoms with Gasteiger partial charge in [-0.05, 0) is 6.42 Å². The summed E-state index contributed by atoms with van der Waals surface area (Å²) in [6, 6.07) is 0. The molecule has 0 aliphatic carbocycles. The van der Waals surface area contributed by atoms with E-state index in [9.17, 15) is 0 Å². The lowest BCUT2D eigenvalue weighted by Crippen LogP contribution is -2.02. The highest BCUT2D eigenvalue weighted by Crippen LogP contribution is 2.12. The molecule has 0 saturated heterocycles. The van der Waals surface area contributed by atoms with Crippen LogP contribution in [0.5, 0.6) is 0 Å². The molecule has 0 N–H and O–H groups in total. The van der Waals surface area contributed by atoms with Gasteiger partial charge in [0.1, 0.15) is 0 Å². The molecule has 0 amide bonds. The maximum atomic E-state index is 5.45. The fraction of sp³-hybridized carbons (Fsp3) is 0.947. The summed E-state index contributed by atoms with van der Waals surface area (Å²) in [7, 11) is 1.72. The summed E-state index contributed by atoms with van der Waals surface area (Å²) in [6.07, 6.45) is 19.1. The lowest BCUT2D eigenvalue weighted by Gasteiger charge is -2.04. The molecule has 127 valence electrons. The largest absolute Gasteiger partial charge is 0.382 e. The minimum Gasteiger partial charge on any atom is -0.382 e. The molecule has 0 aromatic rings. The summed E-state index contributed by atoms with van der Waals surface area (Å²) in [6.45, 7) is 6.24. The molecule has 0 heterocycles. The molecule has 0 unspecified atom stereocenters. The van der Waals surface area contributed by atoms with E-state index < -0.39 is 0 Å². The maximum absolute atomic E-state index is 5.45. The van der Waals surface area contributed by atoms with Gasteiger partial charge in [0.2, 0.25) is 0 Å². The van der Waals surface area contributed by atoms with Crippen LogP contribution < -0.4 is 0 Å². The van der Waals surface area contributed by atoms with E-state index in [1.54, 1.807) is 7.11 Å². The first-order valence-electron chi connectivity index (χ1n) is 9.27. The fourth-order valence-corrected chi connectivity index (χ4v) is 2.57. The summed E-state index contributed by atoms with van der Waals surface area (Å²) >= 11 is 0. The van der Waals surface area contributed by atoms with Crippen molar-refractivity contribution in [3.63, 3.8) is 0 Å². The van der Waals surface area contributed by atoms with Crippen molar-refractivity contribution in [3.05, 3.63) is 6.92 Å². The molecule has 0 atom stereocenters. The Morgan fingerprint density at radius 1 is 0.524 bits per heavy atom. The van der Waals surface area contributed by atoms with Crippen molar-refractivity contribution in [2.24, 2.45) is 0 Å². The van der Waals surface area contributed by atoms with Gasteiger partial charge < -0.3 is 9.47 Å². The van der Waals surface area contributed by atoms with Gasteiger partial charge >= 0.3 is 0 Å². The first kappa shape index (κ1) is 20.9. The van der Waals surface area contributed by atoms with E-state index >= 15 is 0 Å². The summed E-state index contributed by atoms with van der Waals surface area (Å²) in [5, 5.41) is 0. The normalized spacial score (nSPS) is 11.1. The highest BCUT2D eigenvalue weighted by molar-refractivity contribution is 4.50. The van der Waals surface area contributed by atoms with Gasteiger partial charge in [0.25, 0.3) is 0 Å². The van der Waals surface area contributed by atoms with E-state index in [1.165, 1.54) is 83.5 Å². The van der Waals surface area contributed by atoms with Gasteiger partial charge in [-0.1, -0.05) is 90.4 Å². The summed E-state index contributed by atoms with van der Waals surface area (Å²) in [4.78, 5) is 0. The molecule has 0 bridgehead atoms. The summed E-state index contributed by atoms with van der Waals surface area (Å²) in [5.74, 6) is 0. The van der Waals surface area contributed by atoms with E-state index in [-0.39, 0.29) is 0 Å². The van der Waals surface area contributed by atoms with Gasteiger partial charge in [0, 0.05) is 13.7 Å². The lowest BCUT2D eigenvalue weighted by molar-refractivity contribution is 0.0685. The minimum atomic E-state index is 0.718. The fourth-order valence-electron chi connectivity index (χ4n) is 2.57. The number of ether oxygens (including phenoxy) is 2. The van der Waals surface area contributed by atoms with Crippen LogP contribution in [0.15, 0.2) is 0 Å². The molecule has 2 heteroatoms. The number of methoxy groups -OCH3 is 1. The van der Waals surface area contributed by atoms with Crippen LogP contribution in [0.1, 0.15) is 89.9 Å². The van der Waals surface area contributed by atoms with Gasteiger partial charge in [-0.15, -0.1) is 0 Å². The van der Waals surface area contributed by atoms with Gasteiger partial charge in [-0.3, -0.25) is 0 Å². The van der Waals surface area contributed by atoms with Crippen molar-refractivity contribution in [2.75, 3.05) is 26.9 Å². The van der Waals surface area contributed by atoms with Crippen molar-refractivity contribution in [3.8, 4) is 0 Å². The molecular formula is C19H39O2. The molecule has 2 nitrogen and oxygen atoms in total. The first-order chi connectivity index (χ1) is 10.4. The van der Waals surface area contributed by atoms with E-state index in [0.717, 1.165) is 26.2 Å². The zero-order valence-electron chi connectivity index (χ0n) is 14.5. The zero-order valence-corrected chi connectivity index (χ0v) is 14.5. The van der Waals surface area contributed by atoms with Crippen LogP contribution in [0.3, 0.4) is 0 Å². The Balaban J connectivity index is 2.90. The molecular weight excluding hydrogens is 260 g/mol. The Hall–Kier alpha value is -0.0800. The first-order valence-corrected chi connectivity index (χ1v) is 9.27.